The van der Waals surface area contributed by atoms with Crippen molar-refractivity contribution in [2.75, 3.05) is 0 Å². The molecule has 3 heteroatoms. The van der Waals surface area contributed by atoms with Crippen molar-refractivity contribution in [3.05, 3.63) is 19.3 Å². The third-order valence-corrected chi connectivity index (χ3v) is 0.247. The van der Waals surface area contributed by atoms with E-state index in [1.807, 2.05) is 0 Å². The van der Waals surface area contributed by atoms with Crippen LogP contribution in [-0.2, 0) is 14.6 Å². The van der Waals surface area contributed by atoms with Crippen molar-refractivity contribution in [2.24, 2.45) is 0 Å². The van der Waals surface area contributed by atoms with Gasteiger partial charge in [-0.2, -0.15) is 4.89 Å². The monoisotopic (exact) mass is 101 g/mol. The highest BCUT2D eigenvalue weighted by atomic mass is 17.2. The van der Waals surface area contributed by atoms with E-state index in [0.717, 1.165) is 6.61 Å². The summed E-state index contributed by atoms with van der Waals surface area (Å²) in [6.07, 6.45) is 1.35. The van der Waals surface area contributed by atoms with Crippen molar-refractivity contribution in [1.82, 2.24) is 0 Å². The Morgan fingerprint density at radius 1 is 1.43 bits per heavy atom. The quantitative estimate of drug-likeness (QED) is 0.223. The van der Waals surface area contributed by atoms with Gasteiger partial charge in [-0.25, -0.2) is 0 Å². The van der Waals surface area contributed by atoms with Gasteiger partial charge in [0.1, 0.15) is 0 Å². The Balaban J connectivity index is 2.68. The Hall–Kier alpha value is -0.830. The van der Waals surface area contributed by atoms with Crippen molar-refractivity contribution >= 4 is 6.47 Å². The zero-order valence-electron chi connectivity index (χ0n) is 3.66. The fourth-order valence-electron chi connectivity index (χ4n) is 0.0940. The maximum Gasteiger partial charge on any atom is 0.330 e. The lowest BCUT2D eigenvalue weighted by Gasteiger charge is -1.87. The van der Waals surface area contributed by atoms with E-state index in [2.05, 4.69) is 16.4 Å². The topological polar surface area (TPSA) is 35.5 Å². The highest BCUT2D eigenvalue weighted by Crippen LogP contribution is 1.78. The molecule has 1 radical (unpaired) electrons. The molecule has 0 bridgehead atoms. The van der Waals surface area contributed by atoms with Crippen molar-refractivity contribution in [3.63, 3.8) is 0 Å². The Labute approximate surface area is 41.5 Å². The van der Waals surface area contributed by atoms with Gasteiger partial charge in [0, 0.05) is 0 Å². The number of carbonyl (C=O) groups is 1. The van der Waals surface area contributed by atoms with E-state index < -0.39 is 0 Å². The van der Waals surface area contributed by atoms with Crippen molar-refractivity contribution in [3.8, 4) is 0 Å². The molecule has 7 heavy (non-hydrogen) atoms. The van der Waals surface area contributed by atoms with Crippen LogP contribution in [0, 0.1) is 6.61 Å². The first-order valence-electron chi connectivity index (χ1n) is 1.62. The fraction of sp³-hybridized carbons (Fsp3) is 0. The molecule has 39 valence electrons. The third kappa shape index (κ3) is 5.17. The molecule has 0 saturated heterocycles. The molecule has 0 rings (SSSR count). The first-order valence-corrected chi connectivity index (χ1v) is 1.62. The lowest BCUT2D eigenvalue weighted by molar-refractivity contribution is -0.232. The molecule has 0 heterocycles. The minimum atomic E-state index is 0.181. The van der Waals surface area contributed by atoms with Crippen LogP contribution in [0.2, 0.25) is 0 Å². The maximum atomic E-state index is 9.28. The molecule has 0 aromatic carbocycles. The molecular weight excluding hydrogens is 96.0 g/mol. The molecule has 3 nitrogen and oxygen atoms in total. The van der Waals surface area contributed by atoms with E-state index in [9.17, 15) is 4.79 Å². The van der Waals surface area contributed by atoms with Gasteiger partial charge in [-0.05, 0) is 0 Å². The van der Waals surface area contributed by atoms with Crippen LogP contribution in [0.15, 0.2) is 12.7 Å². The molecule has 0 unspecified atom stereocenters. The summed E-state index contributed by atoms with van der Waals surface area (Å²) in [5.74, 6) is 0. The van der Waals surface area contributed by atoms with E-state index in [1.54, 1.807) is 0 Å². The van der Waals surface area contributed by atoms with Crippen molar-refractivity contribution in [1.29, 1.82) is 0 Å². The van der Waals surface area contributed by atoms with Gasteiger partial charge < -0.3 is 4.89 Å². The van der Waals surface area contributed by atoms with Crippen LogP contribution in [0.3, 0.4) is 0 Å². The van der Waals surface area contributed by atoms with E-state index in [1.165, 1.54) is 6.08 Å². The fourth-order valence-corrected chi connectivity index (χ4v) is 0.0940. The Morgan fingerprint density at radius 2 is 2.14 bits per heavy atom. The van der Waals surface area contributed by atoms with Gasteiger partial charge in [0.25, 0.3) is 0 Å². The molecule has 0 atom stereocenters. The molecule has 0 aromatic rings. The SMILES string of the molecule is C=C[CH]OOC=O. The maximum absolute atomic E-state index is 9.28. The molecule has 0 aromatic heterocycles. The predicted molar refractivity (Wildman–Crippen MR) is 22.7 cm³/mol. The molecular formula is C4H5O3. The van der Waals surface area contributed by atoms with Crippen molar-refractivity contribution < 1.29 is 14.6 Å². The van der Waals surface area contributed by atoms with Crippen LogP contribution in [0.25, 0.3) is 0 Å². The minimum absolute atomic E-state index is 0.181. The van der Waals surface area contributed by atoms with Gasteiger partial charge >= 0.3 is 6.47 Å². The number of hydrogen-bond acceptors (Lipinski definition) is 3. The first kappa shape index (κ1) is 6.17. The second-order valence-corrected chi connectivity index (χ2v) is 0.660. The third-order valence-electron chi connectivity index (χ3n) is 0.247. The normalized spacial score (nSPS) is 7.43. The van der Waals surface area contributed by atoms with Gasteiger partial charge in [-0.1, -0.05) is 6.08 Å². The Kier molecular flexibility index (Phi) is 4.56. The average Bonchev–Trinajstić information content (AvgIpc) is 1.69. The first-order chi connectivity index (χ1) is 3.41. The molecule has 0 saturated carbocycles. The molecule has 0 spiro atoms. The smallest absolute Gasteiger partial charge is 0.301 e. The number of rotatable bonds is 4. The summed E-state index contributed by atoms with van der Waals surface area (Å²) >= 11 is 0. The summed E-state index contributed by atoms with van der Waals surface area (Å²) in [4.78, 5) is 17.1. The largest absolute Gasteiger partial charge is 0.330 e. The summed E-state index contributed by atoms with van der Waals surface area (Å²) in [7, 11) is 0. The lowest BCUT2D eigenvalue weighted by Crippen LogP contribution is -1.84. The summed E-state index contributed by atoms with van der Waals surface area (Å²) in [5, 5.41) is 0. The number of carbonyl (C=O) groups excluding carboxylic acids is 1. The summed E-state index contributed by atoms with van der Waals surface area (Å²) in [5.41, 5.74) is 0. The van der Waals surface area contributed by atoms with Gasteiger partial charge in [0.2, 0.25) is 0 Å². The van der Waals surface area contributed by atoms with Crippen LogP contribution in [0.5, 0.6) is 0 Å². The highest BCUT2D eigenvalue weighted by molar-refractivity contribution is 5.35. The van der Waals surface area contributed by atoms with E-state index in [-0.39, 0.29) is 6.47 Å². The van der Waals surface area contributed by atoms with Crippen LogP contribution < -0.4 is 0 Å². The van der Waals surface area contributed by atoms with E-state index in [0.29, 0.717) is 0 Å². The molecule has 0 amide bonds. The van der Waals surface area contributed by atoms with Gasteiger partial charge in [0.05, 0.1) is 0 Å². The molecule has 0 N–H and O–H groups in total. The Morgan fingerprint density at radius 3 is 2.57 bits per heavy atom. The van der Waals surface area contributed by atoms with Crippen LogP contribution >= 0.6 is 0 Å². The van der Waals surface area contributed by atoms with Gasteiger partial charge in [-0.3, -0.25) is 4.79 Å². The zero-order chi connectivity index (χ0) is 5.54. The average molecular weight is 101 g/mol. The molecule has 0 aliphatic rings. The summed E-state index contributed by atoms with van der Waals surface area (Å²) < 4.78 is 0. The lowest BCUT2D eigenvalue weighted by atomic mass is 10.7. The summed E-state index contributed by atoms with van der Waals surface area (Å²) in [6.45, 7) is 4.58. The zero-order valence-corrected chi connectivity index (χ0v) is 3.66. The second-order valence-electron chi connectivity index (χ2n) is 0.660. The Bertz CT molecular complexity index is 52.0. The van der Waals surface area contributed by atoms with Gasteiger partial charge in [0.15, 0.2) is 6.61 Å². The standard InChI is InChI=1S/C4H5O3/c1-2-3-6-7-4-5/h2-4H,1H2. The van der Waals surface area contributed by atoms with E-state index in [4.69, 9.17) is 0 Å². The number of hydrogen-bond donors (Lipinski definition) is 0. The second kappa shape index (κ2) is 5.17. The highest BCUT2D eigenvalue weighted by Gasteiger charge is 1.75. The van der Waals surface area contributed by atoms with E-state index >= 15 is 0 Å². The van der Waals surface area contributed by atoms with Crippen LogP contribution in [0.4, 0.5) is 0 Å². The van der Waals surface area contributed by atoms with Gasteiger partial charge in [-0.15, -0.1) is 6.58 Å². The van der Waals surface area contributed by atoms with Crippen LogP contribution in [-0.4, -0.2) is 6.47 Å². The molecule has 0 aliphatic carbocycles. The van der Waals surface area contributed by atoms with Crippen molar-refractivity contribution in [2.45, 2.75) is 0 Å². The molecule has 0 aliphatic heterocycles. The molecule has 0 fully saturated rings. The minimum Gasteiger partial charge on any atom is -0.301 e. The predicted octanol–water partition coefficient (Wildman–Crippen LogP) is 0.439. The van der Waals surface area contributed by atoms with Crippen LogP contribution in [0.1, 0.15) is 0 Å². The summed E-state index contributed by atoms with van der Waals surface area (Å²) in [6, 6.07) is 0.